The summed E-state index contributed by atoms with van der Waals surface area (Å²) in [5.74, 6) is 0.554. The van der Waals surface area contributed by atoms with E-state index < -0.39 is 9.84 Å². The van der Waals surface area contributed by atoms with Crippen molar-refractivity contribution in [3.8, 4) is 11.8 Å². The number of methoxy groups -OCH3 is 1. The van der Waals surface area contributed by atoms with Gasteiger partial charge in [0.15, 0.2) is 9.84 Å². The fraction of sp³-hybridized carbons (Fsp3) is 0.417. The molecule has 0 N–H and O–H groups in total. The van der Waals surface area contributed by atoms with E-state index in [0.29, 0.717) is 5.75 Å². The average Bonchev–Trinajstić information content (AvgIpc) is 2.26. The van der Waals surface area contributed by atoms with Crippen LogP contribution in [0.5, 0.6) is 5.75 Å². The van der Waals surface area contributed by atoms with E-state index in [1.54, 1.807) is 33.1 Å². The molecule has 92 valence electrons. The van der Waals surface area contributed by atoms with Gasteiger partial charge in [-0.05, 0) is 37.1 Å². The highest BCUT2D eigenvalue weighted by molar-refractivity contribution is 7.91. The normalized spacial score (nSPS) is 10.9. The molecular weight excluding hydrogens is 238 g/mol. The van der Waals surface area contributed by atoms with E-state index in [1.165, 1.54) is 0 Å². The fourth-order valence-electron chi connectivity index (χ4n) is 1.71. The molecule has 0 saturated carbocycles. The Bertz CT molecular complexity index is 533. The van der Waals surface area contributed by atoms with E-state index >= 15 is 0 Å². The van der Waals surface area contributed by atoms with Crippen LogP contribution in [0.4, 0.5) is 0 Å². The first kappa shape index (κ1) is 13.5. The van der Waals surface area contributed by atoms with Crippen LogP contribution in [0.3, 0.4) is 0 Å². The molecule has 0 atom stereocenters. The van der Waals surface area contributed by atoms with Crippen LogP contribution in [0.2, 0.25) is 0 Å². The van der Waals surface area contributed by atoms with Crippen LogP contribution >= 0.6 is 0 Å². The summed E-state index contributed by atoms with van der Waals surface area (Å²) in [6.07, 6.45) is 0.00641. The maximum Gasteiger partial charge on any atom is 0.179 e. The Morgan fingerprint density at radius 1 is 1.29 bits per heavy atom. The van der Waals surface area contributed by atoms with Crippen molar-refractivity contribution in [3.05, 3.63) is 23.3 Å². The summed E-state index contributed by atoms with van der Waals surface area (Å²) in [5.41, 5.74) is 1.56. The Kier molecular flexibility index (Phi) is 4.13. The summed E-state index contributed by atoms with van der Waals surface area (Å²) >= 11 is 0. The first-order valence-electron chi connectivity index (χ1n) is 5.17. The molecule has 17 heavy (non-hydrogen) atoms. The Morgan fingerprint density at radius 3 is 2.24 bits per heavy atom. The van der Waals surface area contributed by atoms with Crippen LogP contribution in [0.1, 0.15) is 17.5 Å². The Morgan fingerprint density at radius 2 is 1.82 bits per heavy atom. The van der Waals surface area contributed by atoms with Crippen molar-refractivity contribution in [1.29, 1.82) is 5.26 Å². The second kappa shape index (κ2) is 5.19. The quantitative estimate of drug-likeness (QED) is 0.823. The highest BCUT2D eigenvalue weighted by Gasteiger charge is 2.17. The molecule has 0 radical (unpaired) electrons. The Hall–Kier alpha value is -1.54. The molecule has 0 aliphatic heterocycles. The second-order valence-corrected chi connectivity index (χ2v) is 5.93. The van der Waals surface area contributed by atoms with Crippen LogP contribution in [0.15, 0.2) is 17.0 Å². The molecule has 0 aliphatic rings. The van der Waals surface area contributed by atoms with Gasteiger partial charge in [-0.15, -0.1) is 0 Å². The number of sulfone groups is 1. The minimum Gasteiger partial charge on any atom is -0.496 e. The van der Waals surface area contributed by atoms with Gasteiger partial charge in [0.05, 0.1) is 23.8 Å². The van der Waals surface area contributed by atoms with E-state index in [-0.39, 0.29) is 17.1 Å². The van der Waals surface area contributed by atoms with Crippen LogP contribution in [0.25, 0.3) is 0 Å². The fourth-order valence-corrected chi connectivity index (χ4v) is 3.02. The van der Waals surface area contributed by atoms with Gasteiger partial charge in [-0.1, -0.05) is 0 Å². The summed E-state index contributed by atoms with van der Waals surface area (Å²) in [7, 11) is -1.82. The number of hydrogen-bond donors (Lipinski definition) is 0. The van der Waals surface area contributed by atoms with Crippen molar-refractivity contribution in [2.75, 3.05) is 12.9 Å². The third-order valence-electron chi connectivity index (χ3n) is 2.48. The molecule has 1 rings (SSSR count). The monoisotopic (exact) mass is 253 g/mol. The zero-order valence-corrected chi connectivity index (χ0v) is 11.0. The molecule has 0 saturated heterocycles. The van der Waals surface area contributed by atoms with Crippen molar-refractivity contribution < 1.29 is 13.2 Å². The predicted molar refractivity (Wildman–Crippen MR) is 64.8 cm³/mol. The summed E-state index contributed by atoms with van der Waals surface area (Å²) < 4.78 is 29.0. The smallest absolute Gasteiger partial charge is 0.179 e. The van der Waals surface area contributed by atoms with Gasteiger partial charge in [0.1, 0.15) is 5.75 Å². The minimum absolute atomic E-state index is 0.00641. The third kappa shape index (κ3) is 2.98. The minimum atomic E-state index is -3.37. The molecular formula is C12H15NO3S. The van der Waals surface area contributed by atoms with Crippen LogP contribution < -0.4 is 4.74 Å². The standard InChI is InChI=1S/C12H15NO3S/c1-9-7-11(8-10(2)12(9)16-3)17(14,15)6-4-5-13/h7-8H,4,6H2,1-3H3. The SMILES string of the molecule is COc1c(C)cc(S(=O)(=O)CCC#N)cc1C. The zero-order valence-electron chi connectivity index (χ0n) is 10.1. The maximum atomic E-state index is 11.9. The van der Waals surface area contributed by atoms with Gasteiger partial charge in [0.2, 0.25) is 0 Å². The maximum absolute atomic E-state index is 11.9. The number of aryl methyl sites for hydroxylation is 2. The zero-order chi connectivity index (χ0) is 13.1. The van der Waals surface area contributed by atoms with Gasteiger partial charge >= 0.3 is 0 Å². The lowest BCUT2D eigenvalue weighted by atomic mass is 10.1. The largest absolute Gasteiger partial charge is 0.496 e. The van der Waals surface area contributed by atoms with E-state index in [0.717, 1.165) is 11.1 Å². The van der Waals surface area contributed by atoms with Gasteiger partial charge in [-0.2, -0.15) is 5.26 Å². The summed E-state index contributed by atoms with van der Waals surface area (Å²) in [6, 6.07) is 5.01. The molecule has 4 nitrogen and oxygen atoms in total. The lowest BCUT2D eigenvalue weighted by Crippen LogP contribution is -2.07. The highest BCUT2D eigenvalue weighted by atomic mass is 32.2. The number of hydrogen-bond acceptors (Lipinski definition) is 4. The molecule has 0 heterocycles. The van der Waals surface area contributed by atoms with Crippen molar-refractivity contribution in [2.45, 2.75) is 25.2 Å². The molecule has 0 unspecified atom stereocenters. The predicted octanol–water partition coefficient (Wildman–Crippen LogP) is 2.00. The highest BCUT2D eigenvalue weighted by Crippen LogP contribution is 2.27. The molecule has 0 spiro atoms. The van der Waals surface area contributed by atoms with E-state index in [2.05, 4.69) is 0 Å². The topological polar surface area (TPSA) is 67.2 Å². The van der Waals surface area contributed by atoms with Crippen LogP contribution in [-0.4, -0.2) is 21.3 Å². The molecule has 0 bridgehead atoms. The number of benzene rings is 1. The molecule has 5 heteroatoms. The second-order valence-electron chi connectivity index (χ2n) is 3.82. The van der Waals surface area contributed by atoms with Gasteiger partial charge in [-0.3, -0.25) is 0 Å². The van der Waals surface area contributed by atoms with Crippen molar-refractivity contribution in [1.82, 2.24) is 0 Å². The van der Waals surface area contributed by atoms with Crippen LogP contribution in [0, 0.1) is 25.2 Å². The van der Waals surface area contributed by atoms with Gasteiger partial charge in [0, 0.05) is 6.42 Å². The Labute approximate surface area is 102 Å². The first-order valence-corrected chi connectivity index (χ1v) is 6.82. The van der Waals surface area contributed by atoms with Gasteiger partial charge < -0.3 is 4.74 Å². The number of rotatable bonds is 4. The average molecular weight is 253 g/mol. The van der Waals surface area contributed by atoms with E-state index in [4.69, 9.17) is 10.00 Å². The van der Waals surface area contributed by atoms with Crippen molar-refractivity contribution in [3.63, 3.8) is 0 Å². The number of ether oxygens (including phenoxy) is 1. The summed E-state index contributed by atoms with van der Waals surface area (Å²) in [5, 5.41) is 8.43. The molecule has 0 aliphatic carbocycles. The summed E-state index contributed by atoms with van der Waals surface area (Å²) in [6.45, 7) is 3.60. The lowest BCUT2D eigenvalue weighted by Gasteiger charge is -2.11. The molecule has 1 aromatic rings. The molecule has 0 aromatic heterocycles. The van der Waals surface area contributed by atoms with Gasteiger partial charge in [0.25, 0.3) is 0 Å². The summed E-state index contributed by atoms with van der Waals surface area (Å²) in [4.78, 5) is 0.253. The molecule has 0 fully saturated rings. The van der Waals surface area contributed by atoms with Gasteiger partial charge in [-0.25, -0.2) is 8.42 Å². The van der Waals surface area contributed by atoms with E-state index in [9.17, 15) is 8.42 Å². The Balaban J connectivity index is 3.22. The van der Waals surface area contributed by atoms with E-state index in [1.807, 2.05) is 6.07 Å². The van der Waals surface area contributed by atoms with Crippen LogP contribution in [-0.2, 0) is 9.84 Å². The number of nitrogens with zero attached hydrogens (tertiary/aromatic N) is 1. The first-order chi connectivity index (χ1) is 7.92. The molecule has 1 aromatic carbocycles. The molecule has 0 amide bonds. The lowest BCUT2D eigenvalue weighted by molar-refractivity contribution is 0.408. The van der Waals surface area contributed by atoms with Crippen molar-refractivity contribution >= 4 is 9.84 Å². The third-order valence-corrected chi connectivity index (χ3v) is 4.18. The number of nitriles is 1. The van der Waals surface area contributed by atoms with Crippen molar-refractivity contribution in [2.24, 2.45) is 0 Å².